The van der Waals surface area contributed by atoms with Crippen molar-refractivity contribution in [1.82, 2.24) is 14.6 Å². The molecule has 0 fully saturated rings. The second-order valence-electron chi connectivity index (χ2n) is 8.87. The summed E-state index contributed by atoms with van der Waals surface area (Å²) in [5, 5.41) is 15.2. The Bertz CT molecular complexity index is 1060. The molecule has 0 saturated carbocycles. The summed E-state index contributed by atoms with van der Waals surface area (Å²) >= 11 is 5.86. The van der Waals surface area contributed by atoms with E-state index in [1.54, 1.807) is 22.7 Å². The summed E-state index contributed by atoms with van der Waals surface area (Å²) in [5.41, 5.74) is 3.20. The van der Waals surface area contributed by atoms with Crippen molar-refractivity contribution < 1.29 is 13.9 Å². The van der Waals surface area contributed by atoms with E-state index in [4.69, 9.17) is 16.0 Å². The standard InChI is InChI=1S/C21H27ClFN3O2Si/c1-13-17(9-14-7-8-15(22)10-18(14)23)20-24-19(27)11-16(26(20)25-13)12-28-29(5,6)21(2,3)4/h7-8,10-11H,9,12H2,1-6H3,(H,24,27). The Kier molecular flexibility index (Phi) is 5.77. The highest BCUT2D eigenvalue weighted by Gasteiger charge is 2.37. The lowest BCUT2D eigenvalue weighted by atomic mass is 10.0. The number of aromatic nitrogens is 3. The fourth-order valence-electron chi connectivity index (χ4n) is 2.85. The molecule has 5 nitrogen and oxygen atoms in total. The van der Waals surface area contributed by atoms with Crippen LogP contribution in [-0.4, -0.2) is 28.0 Å². The van der Waals surface area contributed by atoms with Crippen molar-refractivity contribution in [3.8, 4) is 5.88 Å². The number of nitrogens with zero attached hydrogens (tertiary/aromatic N) is 3. The van der Waals surface area contributed by atoms with E-state index in [9.17, 15) is 9.50 Å². The van der Waals surface area contributed by atoms with Gasteiger partial charge in [-0.15, -0.1) is 0 Å². The number of aryl methyl sites for hydroxylation is 1. The molecule has 156 valence electrons. The molecule has 1 N–H and O–H groups in total. The van der Waals surface area contributed by atoms with Crippen LogP contribution in [0.2, 0.25) is 23.2 Å². The van der Waals surface area contributed by atoms with E-state index in [-0.39, 0.29) is 16.7 Å². The Morgan fingerprint density at radius 2 is 1.93 bits per heavy atom. The molecule has 29 heavy (non-hydrogen) atoms. The lowest BCUT2D eigenvalue weighted by molar-refractivity contribution is 0.268. The third kappa shape index (κ3) is 4.47. The van der Waals surface area contributed by atoms with Crippen LogP contribution in [0.5, 0.6) is 5.88 Å². The zero-order valence-corrected chi connectivity index (χ0v) is 19.4. The first-order chi connectivity index (χ1) is 13.4. The van der Waals surface area contributed by atoms with Crippen LogP contribution in [0, 0.1) is 12.7 Å². The molecule has 2 aromatic heterocycles. The van der Waals surface area contributed by atoms with E-state index in [2.05, 4.69) is 43.9 Å². The molecular weight excluding hydrogens is 409 g/mol. The predicted octanol–water partition coefficient (Wildman–Crippen LogP) is 5.65. The van der Waals surface area contributed by atoms with Crippen molar-refractivity contribution in [1.29, 1.82) is 0 Å². The smallest absolute Gasteiger partial charge is 0.214 e. The Morgan fingerprint density at radius 3 is 2.55 bits per heavy atom. The molecule has 0 radical (unpaired) electrons. The van der Waals surface area contributed by atoms with Crippen LogP contribution in [0.25, 0.3) is 5.65 Å². The largest absolute Gasteiger partial charge is 0.493 e. The van der Waals surface area contributed by atoms with Gasteiger partial charge in [0.1, 0.15) is 5.82 Å². The number of fused-ring (bicyclic) bond motifs is 1. The Labute approximate surface area is 176 Å². The van der Waals surface area contributed by atoms with Gasteiger partial charge in [-0.2, -0.15) is 10.1 Å². The Balaban J connectivity index is 1.99. The fraction of sp³-hybridized carbons (Fsp3) is 0.429. The summed E-state index contributed by atoms with van der Waals surface area (Å²) in [4.78, 5) is 4.26. The maximum Gasteiger partial charge on any atom is 0.214 e. The van der Waals surface area contributed by atoms with Crippen molar-refractivity contribution in [3.05, 3.63) is 57.6 Å². The lowest BCUT2D eigenvalue weighted by Gasteiger charge is -2.36. The first-order valence-electron chi connectivity index (χ1n) is 9.54. The average molecular weight is 436 g/mol. The molecule has 0 aliphatic carbocycles. The highest BCUT2D eigenvalue weighted by Crippen LogP contribution is 2.37. The van der Waals surface area contributed by atoms with E-state index in [1.807, 2.05) is 6.92 Å². The van der Waals surface area contributed by atoms with Crippen molar-refractivity contribution in [2.24, 2.45) is 0 Å². The van der Waals surface area contributed by atoms with Gasteiger partial charge in [0.25, 0.3) is 0 Å². The first kappa shape index (κ1) is 21.7. The number of hydrogen-bond donors (Lipinski definition) is 1. The number of rotatable bonds is 5. The molecule has 3 aromatic rings. The molecule has 0 unspecified atom stereocenters. The molecule has 0 spiro atoms. The first-order valence-corrected chi connectivity index (χ1v) is 12.8. The Hall–Kier alpha value is -1.96. The molecule has 0 amide bonds. The average Bonchev–Trinajstić information content (AvgIpc) is 2.90. The van der Waals surface area contributed by atoms with Crippen LogP contribution in [0.3, 0.4) is 0 Å². The SMILES string of the molecule is Cc1nn2c(CO[Si](C)(C)C(C)(C)C)cc(O)nc2c1Cc1ccc(Cl)cc1F. The number of benzene rings is 1. The van der Waals surface area contributed by atoms with Crippen molar-refractivity contribution in [2.75, 3.05) is 0 Å². The number of hydrogen-bond acceptors (Lipinski definition) is 4. The van der Waals surface area contributed by atoms with Crippen LogP contribution in [-0.2, 0) is 17.5 Å². The second-order valence-corrected chi connectivity index (χ2v) is 14.1. The summed E-state index contributed by atoms with van der Waals surface area (Å²) in [6.45, 7) is 13.1. The van der Waals surface area contributed by atoms with Crippen molar-refractivity contribution in [3.63, 3.8) is 0 Å². The molecular formula is C21H27ClFN3O2Si. The maximum absolute atomic E-state index is 14.3. The Morgan fingerprint density at radius 1 is 1.24 bits per heavy atom. The van der Waals surface area contributed by atoms with E-state index in [0.29, 0.717) is 35.0 Å². The highest BCUT2D eigenvalue weighted by atomic mass is 35.5. The molecule has 0 aliphatic rings. The van der Waals surface area contributed by atoms with Gasteiger partial charge in [-0.05, 0) is 42.8 Å². The minimum absolute atomic E-state index is 0.0680. The van der Waals surface area contributed by atoms with Gasteiger partial charge in [0.15, 0.2) is 14.0 Å². The molecule has 3 rings (SSSR count). The van der Waals surface area contributed by atoms with Crippen molar-refractivity contribution >= 4 is 25.6 Å². The monoisotopic (exact) mass is 435 g/mol. The predicted molar refractivity (Wildman–Crippen MR) is 116 cm³/mol. The number of aromatic hydroxyl groups is 1. The number of halogens is 2. The summed E-state index contributed by atoms with van der Waals surface area (Å²) < 4.78 is 22.3. The van der Waals surface area contributed by atoms with Crippen LogP contribution in [0.15, 0.2) is 24.3 Å². The molecule has 1 aromatic carbocycles. The zero-order chi connectivity index (χ0) is 21.6. The van der Waals surface area contributed by atoms with Gasteiger partial charge >= 0.3 is 0 Å². The quantitative estimate of drug-likeness (QED) is 0.526. The molecule has 0 saturated heterocycles. The van der Waals surface area contributed by atoms with E-state index in [1.165, 1.54) is 6.07 Å². The van der Waals surface area contributed by atoms with Crippen LogP contribution < -0.4 is 0 Å². The molecule has 0 atom stereocenters. The zero-order valence-electron chi connectivity index (χ0n) is 17.7. The van der Waals surface area contributed by atoms with E-state index in [0.717, 1.165) is 11.3 Å². The molecule has 0 bridgehead atoms. The summed E-state index contributed by atoms with van der Waals surface area (Å²) in [6, 6.07) is 6.18. The summed E-state index contributed by atoms with van der Waals surface area (Å²) in [6.07, 6.45) is 0.303. The van der Waals surface area contributed by atoms with Gasteiger partial charge in [-0.1, -0.05) is 38.4 Å². The van der Waals surface area contributed by atoms with Crippen LogP contribution >= 0.6 is 11.6 Å². The van der Waals surface area contributed by atoms with Crippen LogP contribution in [0.4, 0.5) is 4.39 Å². The van der Waals surface area contributed by atoms with Crippen LogP contribution in [0.1, 0.15) is 43.3 Å². The molecule has 8 heteroatoms. The summed E-state index contributed by atoms with van der Waals surface area (Å²) in [7, 11) is -1.98. The van der Waals surface area contributed by atoms with Gasteiger partial charge in [-0.25, -0.2) is 8.91 Å². The maximum atomic E-state index is 14.3. The minimum atomic E-state index is -1.98. The highest BCUT2D eigenvalue weighted by molar-refractivity contribution is 6.74. The van der Waals surface area contributed by atoms with Gasteiger partial charge in [0.05, 0.1) is 18.0 Å². The van der Waals surface area contributed by atoms with Gasteiger partial charge in [0.2, 0.25) is 5.88 Å². The van der Waals surface area contributed by atoms with Crippen molar-refractivity contribution in [2.45, 2.75) is 58.9 Å². The molecule has 0 aliphatic heterocycles. The van der Waals surface area contributed by atoms with E-state index < -0.39 is 8.32 Å². The van der Waals surface area contributed by atoms with E-state index >= 15 is 0 Å². The third-order valence-electron chi connectivity index (χ3n) is 5.71. The lowest BCUT2D eigenvalue weighted by Crippen LogP contribution is -2.40. The fourth-order valence-corrected chi connectivity index (χ4v) is 3.95. The summed E-state index contributed by atoms with van der Waals surface area (Å²) in [5.74, 6) is -0.484. The second kappa shape index (κ2) is 7.70. The topological polar surface area (TPSA) is 59.7 Å². The third-order valence-corrected chi connectivity index (χ3v) is 10.4. The van der Waals surface area contributed by atoms with Gasteiger partial charge in [0, 0.05) is 23.1 Å². The normalized spacial score (nSPS) is 12.7. The van der Waals surface area contributed by atoms with Gasteiger partial charge < -0.3 is 9.53 Å². The molecule has 2 heterocycles. The minimum Gasteiger partial charge on any atom is -0.493 e. The van der Waals surface area contributed by atoms with Gasteiger partial charge in [-0.3, -0.25) is 0 Å².